The standard InChI is InChI=1S/C24H21ClN4O3/c1-15-9-10-29-22(11-15)26-18(13-23(29)30)14-32-21-6-4-3-5-19(21)27-24(31)28-20-12-17(25)8-7-16(20)2/h3-13H,14H2,1-2H3,(H2,27,28,31). The van der Waals surface area contributed by atoms with E-state index in [1.165, 1.54) is 10.5 Å². The Bertz CT molecular complexity index is 1370. The third-order valence-electron chi connectivity index (χ3n) is 4.83. The second kappa shape index (κ2) is 9.11. The molecule has 0 aliphatic heterocycles. The molecular weight excluding hydrogens is 428 g/mol. The van der Waals surface area contributed by atoms with Crippen LogP contribution >= 0.6 is 11.6 Å². The Labute approximate surface area is 189 Å². The zero-order valence-corrected chi connectivity index (χ0v) is 18.3. The van der Waals surface area contributed by atoms with Crippen LogP contribution in [0.4, 0.5) is 16.2 Å². The van der Waals surface area contributed by atoms with Gasteiger partial charge in [-0.2, -0.15) is 0 Å². The van der Waals surface area contributed by atoms with Gasteiger partial charge in [0.2, 0.25) is 0 Å². The van der Waals surface area contributed by atoms with Gasteiger partial charge in [-0.25, -0.2) is 9.78 Å². The number of nitrogens with one attached hydrogen (secondary N) is 2. The van der Waals surface area contributed by atoms with Gasteiger partial charge in [0.15, 0.2) is 0 Å². The third-order valence-corrected chi connectivity index (χ3v) is 5.07. The number of halogens is 1. The zero-order valence-electron chi connectivity index (χ0n) is 17.6. The van der Waals surface area contributed by atoms with E-state index in [0.29, 0.717) is 33.5 Å². The largest absolute Gasteiger partial charge is 0.485 e. The summed E-state index contributed by atoms with van der Waals surface area (Å²) < 4.78 is 7.36. The highest BCUT2D eigenvalue weighted by atomic mass is 35.5. The highest BCUT2D eigenvalue weighted by molar-refractivity contribution is 6.31. The molecule has 0 bridgehead atoms. The highest BCUT2D eigenvalue weighted by Gasteiger charge is 2.11. The Balaban J connectivity index is 1.49. The maximum absolute atomic E-state index is 12.5. The van der Waals surface area contributed by atoms with Crippen LogP contribution in [0.1, 0.15) is 16.8 Å². The molecule has 0 fully saturated rings. The van der Waals surface area contributed by atoms with Crippen LogP contribution in [-0.2, 0) is 6.61 Å². The second-order valence-electron chi connectivity index (χ2n) is 7.34. The average molecular weight is 449 g/mol. The minimum atomic E-state index is -0.427. The summed E-state index contributed by atoms with van der Waals surface area (Å²) in [6.45, 7) is 3.89. The SMILES string of the molecule is Cc1ccn2c(=O)cc(COc3ccccc3NC(=O)Nc3cc(Cl)ccc3C)nc2c1. The first-order valence-corrected chi connectivity index (χ1v) is 10.3. The lowest BCUT2D eigenvalue weighted by atomic mass is 10.2. The molecule has 2 N–H and O–H groups in total. The van der Waals surface area contributed by atoms with Gasteiger partial charge in [-0.15, -0.1) is 0 Å². The summed E-state index contributed by atoms with van der Waals surface area (Å²) in [6, 6.07) is 17.0. The Morgan fingerprint density at radius 3 is 2.66 bits per heavy atom. The summed E-state index contributed by atoms with van der Waals surface area (Å²) in [5.41, 5.74) is 3.86. The number of para-hydroxylation sites is 2. The molecule has 8 heteroatoms. The van der Waals surface area contributed by atoms with Crippen molar-refractivity contribution in [1.29, 1.82) is 0 Å². The number of ether oxygens (including phenoxy) is 1. The van der Waals surface area contributed by atoms with Gasteiger partial charge in [0, 0.05) is 23.0 Å². The number of anilines is 2. The molecule has 4 rings (SSSR count). The first kappa shape index (κ1) is 21.4. The summed E-state index contributed by atoms with van der Waals surface area (Å²) in [6.07, 6.45) is 1.70. The normalized spacial score (nSPS) is 10.7. The molecule has 2 aromatic carbocycles. The molecule has 4 aromatic rings. The van der Waals surface area contributed by atoms with E-state index in [1.807, 2.05) is 32.0 Å². The number of aromatic nitrogens is 2. The van der Waals surface area contributed by atoms with Crippen LogP contribution in [0.15, 0.2) is 71.7 Å². The van der Waals surface area contributed by atoms with E-state index in [0.717, 1.165) is 11.1 Å². The molecule has 0 radical (unpaired) electrons. The van der Waals surface area contributed by atoms with Crippen LogP contribution in [0.3, 0.4) is 0 Å². The van der Waals surface area contributed by atoms with Gasteiger partial charge in [0.25, 0.3) is 5.56 Å². The Morgan fingerprint density at radius 2 is 1.81 bits per heavy atom. The summed E-state index contributed by atoms with van der Waals surface area (Å²) >= 11 is 6.02. The van der Waals surface area contributed by atoms with Crippen molar-refractivity contribution in [2.45, 2.75) is 20.5 Å². The molecule has 0 spiro atoms. The molecular formula is C24H21ClN4O3. The number of rotatable bonds is 5. The lowest BCUT2D eigenvalue weighted by Gasteiger charge is -2.14. The van der Waals surface area contributed by atoms with Crippen molar-refractivity contribution >= 4 is 34.7 Å². The van der Waals surface area contributed by atoms with Crippen molar-refractivity contribution < 1.29 is 9.53 Å². The van der Waals surface area contributed by atoms with Gasteiger partial charge in [-0.3, -0.25) is 9.20 Å². The molecule has 0 saturated carbocycles. The molecule has 2 amide bonds. The summed E-state index contributed by atoms with van der Waals surface area (Å²) in [5, 5.41) is 6.10. The quantitative estimate of drug-likeness (QED) is 0.440. The van der Waals surface area contributed by atoms with Crippen molar-refractivity contribution in [3.63, 3.8) is 0 Å². The van der Waals surface area contributed by atoms with E-state index in [2.05, 4.69) is 15.6 Å². The predicted molar refractivity (Wildman–Crippen MR) is 126 cm³/mol. The van der Waals surface area contributed by atoms with E-state index < -0.39 is 6.03 Å². The fourth-order valence-electron chi connectivity index (χ4n) is 3.18. The number of hydrogen-bond acceptors (Lipinski definition) is 4. The molecule has 0 atom stereocenters. The minimum absolute atomic E-state index is 0.0768. The van der Waals surface area contributed by atoms with Crippen LogP contribution in [0.2, 0.25) is 5.02 Å². The summed E-state index contributed by atoms with van der Waals surface area (Å²) in [5.74, 6) is 0.455. The molecule has 32 heavy (non-hydrogen) atoms. The molecule has 0 saturated heterocycles. The monoisotopic (exact) mass is 448 g/mol. The average Bonchev–Trinajstić information content (AvgIpc) is 2.75. The van der Waals surface area contributed by atoms with E-state index in [4.69, 9.17) is 16.3 Å². The van der Waals surface area contributed by atoms with Crippen molar-refractivity contribution in [3.8, 4) is 5.75 Å². The van der Waals surface area contributed by atoms with Crippen LogP contribution < -0.4 is 20.9 Å². The zero-order chi connectivity index (χ0) is 22.7. The summed E-state index contributed by atoms with van der Waals surface area (Å²) in [7, 11) is 0. The van der Waals surface area contributed by atoms with Gasteiger partial charge in [-0.05, 0) is 61.4 Å². The van der Waals surface area contributed by atoms with Crippen LogP contribution in [0.25, 0.3) is 5.65 Å². The van der Waals surface area contributed by atoms with E-state index >= 15 is 0 Å². The van der Waals surface area contributed by atoms with Gasteiger partial charge in [0.1, 0.15) is 18.0 Å². The lowest BCUT2D eigenvalue weighted by Crippen LogP contribution is -2.20. The maximum atomic E-state index is 12.5. The van der Waals surface area contributed by atoms with Crippen molar-refractivity contribution in [2.24, 2.45) is 0 Å². The Morgan fingerprint density at radius 1 is 1.03 bits per heavy atom. The van der Waals surface area contributed by atoms with Crippen LogP contribution in [0, 0.1) is 13.8 Å². The topological polar surface area (TPSA) is 84.7 Å². The minimum Gasteiger partial charge on any atom is -0.485 e. The van der Waals surface area contributed by atoms with Gasteiger partial charge in [0.05, 0.1) is 11.4 Å². The Kier molecular flexibility index (Phi) is 6.09. The first-order chi connectivity index (χ1) is 15.4. The number of carbonyl (C=O) groups is 1. The number of urea groups is 1. The molecule has 0 aliphatic carbocycles. The fourth-order valence-corrected chi connectivity index (χ4v) is 3.35. The molecule has 2 heterocycles. The lowest BCUT2D eigenvalue weighted by molar-refractivity contribution is 0.261. The van der Waals surface area contributed by atoms with Crippen molar-refractivity contribution in [2.75, 3.05) is 10.6 Å². The van der Waals surface area contributed by atoms with Gasteiger partial charge >= 0.3 is 6.03 Å². The van der Waals surface area contributed by atoms with Gasteiger partial charge in [-0.1, -0.05) is 29.8 Å². The molecule has 7 nitrogen and oxygen atoms in total. The van der Waals surface area contributed by atoms with E-state index in [9.17, 15) is 9.59 Å². The van der Waals surface area contributed by atoms with Crippen LogP contribution in [-0.4, -0.2) is 15.4 Å². The second-order valence-corrected chi connectivity index (χ2v) is 7.78. The van der Waals surface area contributed by atoms with Crippen molar-refractivity contribution in [3.05, 3.63) is 99.1 Å². The number of amides is 2. The number of pyridine rings is 1. The molecule has 162 valence electrons. The number of hydrogen-bond donors (Lipinski definition) is 2. The maximum Gasteiger partial charge on any atom is 0.323 e. The van der Waals surface area contributed by atoms with E-state index in [-0.39, 0.29) is 12.2 Å². The van der Waals surface area contributed by atoms with Crippen LogP contribution in [0.5, 0.6) is 5.75 Å². The van der Waals surface area contributed by atoms with Crippen molar-refractivity contribution in [1.82, 2.24) is 9.38 Å². The highest BCUT2D eigenvalue weighted by Crippen LogP contribution is 2.26. The number of benzene rings is 2. The fraction of sp³-hybridized carbons (Fsp3) is 0.125. The predicted octanol–water partition coefficient (Wildman–Crippen LogP) is 5.19. The number of carbonyl (C=O) groups excluding carboxylic acids is 1. The summed E-state index contributed by atoms with van der Waals surface area (Å²) in [4.78, 5) is 29.4. The molecule has 0 unspecified atom stereocenters. The van der Waals surface area contributed by atoms with Gasteiger partial charge < -0.3 is 15.4 Å². The molecule has 0 aliphatic rings. The third kappa shape index (κ3) is 4.90. The number of aryl methyl sites for hydroxylation is 2. The smallest absolute Gasteiger partial charge is 0.323 e. The number of nitrogens with zero attached hydrogens (tertiary/aromatic N) is 2. The van der Waals surface area contributed by atoms with E-state index in [1.54, 1.807) is 42.6 Å². The molecule has 2 aromatic heterocycles. The first-order valence-electron chi connectivity index (χ1n) is 9.94. The Hall–Kier alpha value is -3.84. The number of fused-ring (bicyclic) bond motifs is 1.